The first kappa shape index (κ1) is 16.2. The van der Waals surface area contributed by atoms with Crippen molar-refractivity contribution in [2.75, 3.05) is 0 Å². The summed E-state index contributed by atoms with van der Waals surface area (Å²) in [6.45, 7) is 0. The van der Waals surface area contributed by atoms with E-state index in [-0.39, 0.29) is 6.04 Å². The lowest BCUT2D eigenvalue weighted by atomic mass is 9.94. The average molecular weight is 355 g/mol. The molecule has 4 heteroatoms. The fourth-order valence-corrected chi connectivity index (χ4v) is 3.71. The van der Waals surface area contributed by atoms with Crippen molar-refractivity contribution >= 4 is 11.0 Å². The monoisotopic (exact) mass is 355 g/mol. The Bertz CT molecular complexity index is 1080. The van der Waals surface area contributed by atoms with E-state index in [4.69, 9.17) is 10.3 Å². The van der Waals surface area contributed by atoms with Crippen LogP contribution in [0.25, 0.3) is 22.2 Å². The zero-order valence-electron chi connectivity index (χ0n) is 15.0. The van der Waals surface area contributed by atoms with Crippen LogP contribution in [-0.4, -0.2) is 10.1 Å². The fourth-order valence-electron chi connectivity index (χ4n) is 3.71. The summed E-state index contributed by atoms with van der Waals surface area (Å²) in [4.78, 5) is 4.40. The molecule has 2 aromatic carbocycles. The molecule has 0 spiro atoms. The maximum atomic E-state index is 6.55. The summed E-state index contributed by atoms with van der Waals surface area (Å²) in [5, 5.41) is 5.43. The highest BCUT2D eigenvalue weighted by atomic mass is 16.5. The zero-order valence-corrected chi connectivity index (χ0v) is 15.0. The summed E-state index contributed by atoms with van der Waals surface area (Å²) in [6, 6.07) is 20.4. The van der Waals surface area contributed by atoms with Gasteiger partial charge in [-0.15, -0.1) is 0 Å². The summed E-state index contributed by atoms with van der Waals surface area (Å²) in [5.41, 5.74) is 12.7. The van der Waals surface area contributed by atoms with Gasteiger partial charge >= 0.3 is 0 Å². The second-order valence-electron chi connectivity index (χ2n) is 7.28. The quantitative estimate of drug-likeness (QED) is 0.546. The standard InChI is InChI=1S/C23H21N3O/c24-21(14-17-5-3-4-12-25-17)18-6-1-2-7-19(18)23-20-11-10-16(15-8-9-15)13-22(20)27-26-23/h1-7,10-13,15,21H,8-9,14,24H2. The van der Waals surface area contributed by atoms with Crippen LogP contribution in [0.4, 0.5) is 0 Å². The van der Waals surface area contributed by atoms with E-state index in [1.807, 2.05) is 30.3 Å². The number of nitrogens with zero attached hydrogens (tertiary/aromatic N) is 2. The molecule has 2 N–H and O–H groups in total. The molecule has 0 amide bonds. The summed E-state index contributed by atoms with van der Waals surface area (Å²) in [5.74, 6) is 0.696. The van der Waals surface area contributed by atoms with E-state index in [9.17, 15) is 0 Å². The van der Waals surface area contributed by atoms with Gasteiger partial charge in [0.25, 0.3) is 0 Å². The Morgan fingerprint density at radius 1 is 1.04 bits per heavy atom. The Hall–Kier alpha value is -2.98. The maximum absolute atomic E-state index is 6.55. The van der Waals surface area contributed by atoms with Gasteiger partial charge in [-0.1, -0.05) is 41.6 Å². The second kappa shape index (κ2) is 6.63. The highest BCUT2D eigenvalue weighted by molar-refractivity contribution is 5.92. The molecule has 2 aromatic heterocycles. The number of hydrogen-bond donors (Lipinski definition) is 1. The number of pyridine rings is 1. The first-order chi connectivity index (χ1) is 13.3. The van der Waals surface area contributed by atoms with Crippen molar-refractivity contribution in [2.24, 2.45) is 5.73 Å². The van der Waals surface area contributed by atoms with Crippen molar-refractivity contribution in [1.82, 2.24) is 10.1 Å². The fraction of sp³-hybridized carbons (Fsp3) is 0.217. The Labute approximate surface area is 158 Å². The van der Waals surface area contributed by atoms with Gasteiger partial charge in [0.2, 0.25) is 0 Å². The highest BCUT2D eigenvalue weighted by Gasteiger charge is 2.25. The number of fused-ring (bicyclic) bond motifs is 1. The Kier molecular flexibility index (Phi) is 3.98. The molecule has 1 aliphatic rings. The molecule has 1 atom stereocenters. The second-order valence-corrected chi connectivity index (χ2v) is 7.28. The first-order valence-corrected chi connectivity index (χ1v) is 9.44. The predicted molar refractivity (Wildman–Crippen MR) is 106 cm³/mol. The number of hydrogen-bond acceptors (Lipinski definition) is 4. The van der Waals surface area contributed by atoms with Gasteiger partial charge in [0.05, 0.1) is 0 Å². The van der Waals surface area contributed by atoms with Crippen molar-refractivity contribution in [3.8, 4) is 11.3 Å². The maximum Gasteiger partial charge on any atom is 0.167 e. The molecule has 0 aliphatic heterocycles. The third kappa shape index (κ3) is 3.13. The van der Waals surface area contributed by atoms with Gasteiger partial charge < -0.3 is 10.3 Å². The first-order valence-electron chi connectivity index (χ1n) is 9.44. The molecule has 0 radical (unpaired) electrons. The van der Waals surface area contributed by atoms with E-state index in [0.717, 1.165) is 33.5 Å². The van der Waals surface area contributed by atoms with Gasteiger partial charge in [0.1, 0.15) is 5.69 Å². The Morgan fingerprint density at radius 3 is 2.70 bits per heavy atom. The zero-order chi connectivity index (χ0) is 18.2. The smallest absolute Gasteiger partial charge is 0.167 e. The SMILES string of the molecule is NC(Cc1ccccn1)c1ccccc1-c1noc2cc(C3CC3)ccc12. The van der Waals surface area contributed by atoms with Gasteiger partial charge in [0.15, 0.2) is 5.58 Å². The van der Waals surface area contributed by atoms with E-state index in [1.54, 1.807) is 6.20 Å². The molecule has 4 nitrogen and oxygen atoms in total. The summed E-state index contributed by atoms with van der Waals surface area (Å²) >= 11 is 0. The highest BCUT2D eigenvalue weighted by Crippen LogP contribution is 2.42. The van der Waals surface area contributed by atoms with Crippen LogP contribution in [0, 0.1) is 0 Å². The van der Waals surface area contributed by atoms with Crippen molar-refractivity contribution in [3.63, 3.8) is 0 Å². The normalized spacial score (nSPS) is 15.1. The third-order valence-corrected chi connectivity index (χ3v) is 5.32. The molecular formula is C23H21N3O. The summed E-state index contributed by atoms with van der Waals surface area (Å²) in [6.07, 6.45) is 5.03. The van der Waals surface area contributed by atoms with Crippen molar-refractivity contribution in [1.29, 1.82) is 0 Å². The van der Waals surface area contributed by atoms with Gasteiger partial charge in [0, 0.05) is 35.3 Å². The summed E-state index contributed by atoms with van der Waals surface area (Å²) < 4.78 is 5.67. The predicted octanol–water partition coefficient (Wildman–Crippen LogP) is 5.01. The van der Waals surface area contributed by atoms with E-state index in [1.165, 1.54) is 18.4 Å². The number of rotatable bonds is 5. The minimum Gasteiger partial charge on any atom is -0.356 e. The van der Waals surface area contributed by atoms with Crippen LogP contribution in [0.2, 0.25) is 0 Å². The third-order valence-electron chi connectivity index (χ3n) is 5.32. The molecule has 2 heterocycles. The average Bonchev–Trinajstić information content (AvgIpc) is 3.48. The lowest BCUT2D eigenvalue weighted by Crippen LogP contribution is -2.15. The topological polar surface area (TPSA) is 64.9 Å². The van der Waals surface area contributed by atoms with Gasteiger partial charge in [-0.05, 0) is 54.2 Å². The lowest BCUT2D eigenvalue weighted by molar-refractivity contribution is 0.459. The molecule has 1 aliphatic carbocycles. The van der Waals surface area contributed by atoms with E-state index in [0.29, 0.717) is 12.3 Å². The van der Waals surface area contributed by atoms with Crippen molar-refractivity contribution < 1.29 is 4.52 Å². The molecule has 134 valence electrons. The molecule has 4 aromatic rings. The van der Waals surface area contributed by atoms with Crippen LogP contribution < -0.4 is 5.73 Å². The summed E-state index contributed by atoms with van der Waals surface area (Å²) in [7, 11) is 0. The van der Waals surface area contributed by atoms with E-state index >= 15 is 0 Å². The number of benzene rings is 2. The van der Waals surface area contributed by atoms with Crippen molar-refractivity contribution in [2.45, 2.75) is 31.2 Å². The molecule has 5 rings (SSSR count). The van der Waals surface area contributed by atoms with Crippen LogP contribution in [-0.2, 0) is 6.42 Å². The molecule has 1 saturated carbocycles. The molecule has 1 unspecified atom stereocenters. The van der Waals surface area contributed by atoms with Crippen LogP contribution in [0.1, 0.15) is 41.6 Å². The van der Waals surface area contributed by atoms with Gasteiger partial charge in [-0.2, -0.15) is 0 Å². The van der Waals surface area contributed by atoms with Crippen LogP contribution in [0.5, 0.6) is 0 Å². The molecule has 0 bridgehead atoms. The minimum absolute atomic E-state index is 0.159. The van der Waals surface area contributed by atoms with Crippen LogP contribution in [0.15, 0.2) is 71.4 Å². The molecule has 0 saturated heterocycles. The molecular weight excluding hydrogens is 334 g/mol. The number of nitrogens with two attached hydrogens (primary N) is 1. The minimum atomic E-state index is -0.159. The van der Waals surface area contributed by atoms with Gasteiger partial charge in [-0.25, -0.2) is 0 Å². The van der Waals surface area contributed by atoms with E-state index in [2.05, 4.69) is 40.5 Å². The molecule has 1 fully saturated rings. The largest absolute Gasteiger partial charge is 0.356 e. The van der Waals surface area contributed by atoms with Gasteiger partial charge in [-0.3, -0.25) is 4.98 Å². The van der Waals surface area contributed by atoms with Crippen molar-refractivity contribution in [3.05, 3.63) is 83.7 Å². The lowest BCUT2D eigenvalue weighted by Gasteiger charge is -2.15. The van der Waals surface area contributed by atoms with Crippen LogP contribution in [0.3, 0.4) is 0 Å². The number of aromatic nitrogens is 2. The van der Waals surface area contributed by atoms with Crippen LogP contribution >= 0.6 is 0 Å². The van der Waals surface area contributed by atoms with E-state index < -0.39 is 0 Å². The Balaban J connectivity index is 1.53. The Morgan fingerprint density at radius 2 is 1.89 bits per heavy atom. The molecule has 27 heavy (non-hydrogen) atoms.